The summed E-state index contributed by atoms with van der Waals surface area (Å²) >= 11 is 0. The van der Waals surface area contributed by atoms with Crippen LogP contribution in [0.2, 0.25) is 0 Å². The number of hydrogen-bond donors (Lipinski definition) is 1. The van der Waals surface area contributed by atoms with Gasteiger partial charge in [-0.1, -0.05) is 40.6 Å². The first-order valence-electron chi connectivity index (χ1n) is 16.9. The maximum absolute atomic E-state index is 13.7. The number of anilines is 1. The summed E-state index contributed by atoms with van der Waals surface area (Å²) in [6.07, 6.45) is 0.883. The molecule has 4 aromatic carbocycles. The van der Waals surface area contributed by atoms with Crippen molar-refractivity contribution in [2.24, 2.45) is 10.3 Å². The normalized spacial score (nSPS) is 12.0. The van der Waals surface area contributed by atoms with E-state index in [1.807, 2.05) is 87.5 Å². The van der Waals surface area contributed by atoms with Crippen LogP contribution in [0.5, 0.6) is 0 Å². The van der Waals surface area contributed by atoms with Gasteiger partial charge in [-0.05, 0) is 80.4 Å². The molecule has 0 atom stereocenters. The molecule has 0 fully saturated rings. The fourth-order valence-corrected chi connectivity index (χ4v) is 5.72. The van der Waals surface area contributed by atoms with Gasteiger partial charge in [0.25, 0.3) is 0 Å². The summed E-state index contributed by atoms with van der Waals surface area (Å²) in [6.45, 7) is 10.3. The highest BCUT2D eigenvalue weighted by molar-refractivity contribution is 6.17. The Balaban J connectivity index is 1.66. The molecule has 2 N–H and O–H groups in total. The Morgan fingerprint density at radius 1 is 0.647 bits per heavy atom. The lowest BCUT2D eigenvalue weighted by Gasteiger charge is -2.11. The Morgan fingerprint density at radius 2 is 1.12 bits per heavy atom. The predicted molar refractivity (Wildman–Crippen MR) is 199 cm³/mol. The lowest BCUT2D eigenvalue weighted by Crippen LogP contribution is -2.09. The molecule has 0 saturated heterocycles. The summed E-state index contributed by atoms with van der Waals surface area (Å²) in [7, 11) is 0. The first kappa shape index (κ1) is 36.6. The highest BCUT2D eigenvalue weighted by Crippen LogP contribution is 2.34. The summed E-state index contributed by atoms with van der Waals surface area (Å²) in [5.41, 5.74) is 13.9. The third-order valence-electron chi connectivity index (χ3n) is 8.30. The van der Waals surface area contributed by atoms with Crippen molar-refractivity contribution < 1.29 is 33.5 Å². The van der Waals surface area contributed by atoms with E-state index in [1.165, 1.54) is 13.8 Å². The molecular weight excluding hydrogens is 648 g/mol. The molecule has 0 spiro atoms. The maximum Gasteiger partial charge on any atom is 0.331 e. The fourth-order valence-electron chi connectivity index (χ4n) is 5.72. The number of nitrogens with zero attached hydrogens (tertiary/aromatic N) is 3. The zero-order valence-electron chi connectivity index (χ0n) is 29.5. The number of carbonyl (C=O) groups is 3. The summed E-state index contributed by atoms with van der Waals surface area (Å²) in [5, 5.41) is 9.95. The molecular formula is C40H42N4O7. The van der Waals surface area contributed by atoms with Crippen LogP contribution in [-0.4, -0.2) is 60.1 Å². The molecule has 0 bridgehead atoms. The number of ether oxygens (including phenoxy) is 2. The highest BCUT2D eigenvalue weighted by Gasteiger charge is 2.19. The van der Waals surface area contributed by atoms with E-state index < -0.39 is 11.9 Å². The number of nitrogen functional groups attached to an aromatic ring is 1. The van der Waals surface area contributed by atoms with Gasteiger partial charge in [-0.2, -0.15) is 0 Å². The number of benzene rings is 4. The monoisotopic (exact) mass is 690 g/mol. The molecule has 5 rings (SSSR count). The molecule has 0 radical (unpaired) electrons. The van der Waals surface area contributed by atoms with Crippen molar-refractivity contribution >= 4 is 56.6 Å². The molecule has 0 aliphatic carbocycles. The van der Waals surface area contributed by atoms with Crippen LogP contribution >= 0.6 is 0 Å². The van der Waals surface area contributed by atoms with Crippen molar-refractivity contribution in [3.05, 3.63) is 107 Å². The maximum atomic E-state index is 13.7. The molecule has 0 amide bonds. The van der Waals surface area contributed by atoms with Gasteiger partial charge < -0.3 is 29.4 Å². The Bertz CT molecular complexity index is 2130. The second-order valence-corrected chi connectivity index (χ2v) is 11.9. The molecule has 5 aromatic rings. The molecule has 1 heterocycles. The van der Waals surface area contributed by atoms with Crippen LogP contribution in [0.15, 0.2) is 89.2 Å². The third kappa shape index (κ3) is 8.75. The SMILES string of the molecule is CCOCC/C(=N\OC(C)=O)c1ccc(-n2c3ccc(C(=O)c4ccc(C)c(N)c4)cc3c3cc(/C(CCOCC)=N/OC(C)=O)ccc32)cc1. The lowest BCUT2D eigenvalue weighted by atomic mass is 9.99. The number of carbonyl (C=O) groups excluding carboxylic acids is 3. The lowest BCUT2D eigenvalue weighted by molar-refractivity contribution is -0.141. The number of ketones is 1. The van der Waals surface area contributed by atoms with E-state index in [9.17, 15) is 14.4 Å². The molecule has 0 saturated carbocycles. The Hall–Kier alpha value is -5.65. The minimum Gasteiger partial charge on any atom is -0.398 e. The van der Waals surface area contributed by atoms with Crippen LogP contribution in [0.4, 0.5) is 5.69 Å². The van der Waals surface area contributed by atoms with Gasteiger partial charge in [0.15, 0.2) is 5.78 Å². The summed E-state index contributed by atoms with van der Waals surface area (Å²) < 4.78 is 13.2. The second kappa shape index (κ2) is 16.8. The number of rotatable bonds is 15. The third-order valence-corrected chi connectivity index (χ3v) is 8.30. The van der Waals surface area contributed by atoms with Crippen LogP contribution in [0.3, 0.4) is 0 Å². The van der Waals surface area contributed by atoms with E-state index in [0.29, 0.717) is 67.5 Å². The highest BCUT2D eigenvalue weighted by atomic mass is 16.7. The van der Waals surface area contributed by atoms with Crippen LogP contribution in [-0.2, 0) is 28.7 Å². The molecule has 0 unspecified atom stereocenters. The van der Waals surface area contributed by atoms with Crippen LogP contribution in [0, 0.1) is 6.92 Å². The van der Waals surface area contributed by atoms with Crippen molar-refractivity contribution in [1.29, 1.82) is 0 Å². The van der Waals surface area contributed by atoms with E-state index in [4.69, 9.17) is 24.9 Å². The van der Waals surface area contributed by atoms with Crippen LogP contribution < -0.4 is 5.73 Å². The number of aromatic nitrogens is 1. The van der Waals surface area contributed by atoms with Gasteiger partial charge >= 0.3 is 11.9 Å². The topological polar surface area (TPSA) is 144 Å². The Labute approximate surface area is 296 Å². The molecule has 264 valence electrons. The van der Waals surface area contributed by atoms with Crippen molar-refractivity contribution in [2.75, 3.05) is 32.2 Å². The van der Waals surface area contributed by atoms with Gasteiger partial charge in [-0.25, -0.2) is 9.59 Å². The zero-order chi connectivity index (χ0) is 36.5. The van der Waals surface area contributed by atoms with E-state index in [2.05, 4.69) is 14.9 Å². The smallest absolute Gasteiger partial charge is 0.331 e. The summed E-state index contributed by atoms with van der Waals surface area (Å²) in [4.78, 5) is 47.0. The van der Waals surface area contributed by atoms with Gasteiger partial charge in [0.2, 0.25) is 0 Å². The molecule has 11 nitrogen and oxygen atoms in total. The zero-order valence-corrected chi connectivity index (χ0v) is 29.5. The standard InChI is InChI=1S/C40H42N4O7/c1-6-48-20-18-36(42-50-26(4)45)28-10-14-32(15-11-28)44-38-16-12-29(37(19-21-49-7-2)43-51-27(5)46)22-33(38)34-23-30(13-17-39(34)44)40(47)31-9-8-25(3)35(41)24-31/h8-17,22-24H,6-7,18-21,41H2,1-5H3/b42-36+,43-37+. The first-order valence-corrected chi connectivity index (χ1v) is 16.9. The average molecular weight is 691 g/mol. The van der Waals surface area contributed by atoms with Gasteiger partial charge in [0.1, 0.15) is 0 Å². The van der Waals surface area contributed by atoms with Crippen molar-refractivity contribution in [1.82, 2.24) is 4.57 Å². The van der Waals surface area contributed by atoms with E-state index in [0.717, 1.165) is 44.2 Å². The number of fused-ring (bicyclic) bond motifs is 3. The van der Waals surface area contributed by atoms with E-state index >= 15 is 0 Å². The number of oxime groups is 2. The number of nitrogens with two attached hydrogens (primary N) is 1. The van der Waals surface area contributed by atoms with Gasteiger partial charge in [-0.15, -0.1) is 0 Å². The fraction of sp³-hybridized carbons (Fsp3) is 0.275. The predicted octanol–water partition coefficient (Wildman–Crippen LogP) is 7.29. The minimum atomic E-state index is -0.524. The second-order valence-electron chi connectivity index (χ2n) is 11.9. The quantitative estimate of drug-likeness (QED) is 0.0301. The Kier molecular flexibility index (Phi) is 12.1. The van der Waals surface area contributed by atoms with Crippen molar-refractivity contribution in [3.8, 4) is 5.69 Å². The van der Waals surface area contributed by atoms with Crippen molar-refractivity contribution in [3.63, 3.8) is 0 Å². The van der Waals surface area contributed by atoms with Crippen LogP contribution in [0.25, 0.3) is 27.5 Å². The molecule has 51 heavy (non-hydrogen) atoms. The van der Waals surface area contributed by atoms with E-state index in [-0.39, 0.29) is 5.78 Å². The van der Waals surface area contributed by atoms with Gasteiger partial charge in [0.05, 0.1) is 35.7 Å². The van der Waals surface area contributed by atoms with Crippen molar-refractivity contribution in [2.45, 2.75) is 47.5 Å². The molecule has 1 aromatic heterocycles. The van der Waals surface area contributed by atoms with Gasteiger partial charge in [0, 0.05) is 78.7 Å². The first-order chi connectivity index (χ1) is 24.6. The summed E-state index contributed by atoms with van der Waals surface area (Å²) in [5.74, 6) is -1.18. The minimum absolute atomic E-state index is 0.148. The average Bonchev–Trinajstić information content (AvgIpc) is 3.45. The van der Waals surface area contributed by atoms with Gasteiger partial charge in [-0.3, -0.25) is 4.79 Å². The number of hydrogen-bond acceptors (Lipinski definition) is 10. The van der Waals surface area contributed by atoms with E-state index in [1.54, 1.807) is 12.1 Å². The summed E-state index contributed by atoms with van der Waals surface area (Å²) in [6, 6.07) is 24.7. The largest absolute Gasteiger partial charge is 0.398 e. The molecule has 11 heteroatoms. The Morgan fingerprint density at radius 3 is 1.65 bits per heavy atom. The van der Waals surface area contributed by atoms with Crippen LogP contribution in [0.1, 0.15) is 73.1 Å². The molecule has 0 aliphatic heterocycles. The number of aryl methyl sites for hydroxylation is 1. The molecule has 0 aliphatic rings.